The summed E-state index contributed by atoms with van der Waals surface area (Å²) in [5, 5.41) is 0. The zero-order valence-electron chi connectivity index (χ0n) is 10.3. The van der Waals surface area contributed by atoms with Gasteiger partial charge < -0.3 is 9.47 Å². The number of carbonyl (C=O) groups excluding carboxylic acids is 1. The molecule has 1 saturated heterocycles. The number of ether oxygens (including phenoxy) is 2. The zero-order chi connectivity index (χ0) is 12.5. The molecule has 0 aromatic rings. The summed E-state index contributed by atoms with van der Waals surface area (Å²) < 4.78 is 11.6. The maximum absolute atomic E-state index is 11.2. The normalized spacial score (nSPS) is 29.6. The molecule has 0 radical (unpaired) electrons. The van der Waals surface area contributed by atoms with Crippen molar-refractivity contribution in [2.45, 2.75) is 44.7 Å². The molecular formula is C14H18O3. The van der Waals surface area contributed by atoms with E-state index < -0.39 is 5.79 Å². The molecule has 0 bridgehead atoms. The van der Waals surface area contributed by atoms with E-state index in [-0.39, 0.29) is 18.0 Å². The summed E-state index contributed by atoms with van der Waals surface area (Å²) in [4.78, 5) is 11.2. The summed E-state index contributed by atoms with van der Waals surface area (Å²) in [7, 11) is 0. The van der Waals surface area contributed by atoms with Crippen molar-refractivity contribution in [1.29, 1.82) is 0 Å². The number of allylic oxidation sites excluding steroid dienone is 3. The van der Waals surface area contributed by atoms with E-state index in [1.165, 1.54) is 6.08 Å². The van der Waals surface area contributed by atoms with Crippen LogP contribution in [-0.4, -0.2) is 23.8 Å². The van der Waals surface area contributed by atoms with Crippen molar-refractivity contribution in [3.05, 3.63) is 36.5 Å². The molecule has 1 aliphatic heterocycles. The second kappa shape index (κ2) is 4.59. The fourth-order valence-electron chi connectivity index (χ4n) is 2.20. The van der Waals surface area contributed by atoms with Gasteiger partial charge in [0.25, 0.3) is 0 Å². The first-order valence-electron chi connectivity index (χ1n) is 5.90. The van der Waals surface area contributed by atoms with Crippen molar-refractivity contribution in [3.63, 3.8) is 0 Å². The second-order valence-corrected chi connectivity index (χ2v) is 4.82. The van der Waals surface area contributed by atoms with Crippen LogP contribution < -0.4 is 0 Å². The van der Waals surface area contributed by atoms with Gasteiger partial charge in [0.05, 0.1) is 0 Å². The molecule has 3 heteroatoms. The number of hydrogen-bond acceptors (Lipinski definition) is 3. The van der Waals surface area contributed by atoms with Crippen LogP contribution in [0.2, 0.25) is 0 Å². The van der Waals surface area contributed by atoms with Crippen LogP contribution in [0.15, 0.2) is 36.5 Å². The molecule has 0 aromatic carbocycles. The average Bonchev–Trinajstić information content (AvgIpc) is 2.60. The molecule has 1 fully saturated rings. The van der Waals surface area contributed by atoms with Gasteiger partial charge in [0.15, 0.2) is 11.6 Å². The molecule has 2 aliphatic rings. The fourth-order valence-corrected chi connectivity index (χ4v) is 2.20. The Morgan fingerprint density at radius 2 is 2.29 bits per heavy atom. The molecule has 3 nitrogen and oxygen atoms in total. The smallest absolute Gasteiger partial charge is 0.164 e. The topological polar surface area (TPSA) is 35.5 Å². The highest BCUT2D eigenvalue weighted by Gasteiger charge is 2.42. The Balaban J connectivity index is 2.03. The second-order valence-electron chi connectivity index (χ2n) is 4.82. The molecule has 1 aliphatic carbocycles. The third-order valence-corrected chi connectivity index (χ3v) is 2.99. The van der Waals surface area contributed by atoms with Gasteiger partial charge in [-0.1, -0.05) is 24.8 Å². The van der Waals surface area contributed by atoms with Crippen LogP contribution in [0.25, 0.3) is 0 Å². The molecule has 92 valence electrons. The van der Waals surface area contributed by atoms with Crippen molar-refractivity contribution in [3.8, 4) is 0 Å². The van der Waals surface area contributed by atoms with E-state index in [4.69, 9.17) is 9.47 Å². The van der Waals surface area contributed by atoms with Crippen molar-refractivity contribution in [2.75, 3.05) is 0 Å². The van der Waals surface area contributed by atoms with Crippen LogP contribution >= 0.6 is 0 Å². The first-order chi connectivity index (χ1) is 8.02. The standard InChI is InChI=1S/C14H18O3/c1-4-11(15)9-8-10-6-5-7-12-13(10)17-14(2,3)16-12/h4-7,12-13H,1,8-9H2,2-3H3/t12-,13+/m0/s1. The number of rotatable bonds is 4. The highest BCUT2D eigenvalue weighted by Crippen LogP contribution is 2.36. The highest BCUT2D eigenvalue weighted by atomic mass is 16.7. The fraction of sp³-hybridized carbons (Fsp3) is 0.500. The van der Waals surface area contributed by atoms with Crippen LogP contribution in [0.3, 0.4) is 0 Å². The SMILES string of the molecule is C=CC(=O)CCC1=CC=C[C@@H]2OC(C)(C)O[C@H]12. The maximum atomic E-state index is 11.2. The highest BCUT2D eigenvalue weighted by molar-refractivity contribution is 5.89. The lowest BCUT2D eigenvalue weighted by molar-refractivity contribution is -0.139. The van der Waals surface area contributed by atoms with Crippen LogP contribution in [0.5, 0.6) is 0 Å². The Morgan fingerprint density at radius 3 is 3.00 bits per heavy atom. The van der Waals surface area contributed by atoms with Gasteiger partial charge in [0.1, 0.15) is 12.2 Å². The molecule has 0 amide bonds. The summed E-state index contributed by atoms with van der Waals surface area (Å²) >= 11 is 0. The first-order valence-corrected chi connectivity index (χ1v) is 5.90. The van der Waals surface area contributed by atoms with Crippen molar-refractivity contribution in [2.24, 2.45) is 0 Å². The van der Waals surface area contributed by atoms with Crippen LogP contribution in [0.4, 0.5) is 0 Å². The number of ketones is 1. The first kappa shape index (κ1) is 12.3. The summed E-state index contributed by atoms with van der Waals surface area (Å²) in [6, 6.07) is 0. The molecule has 1 heterocycles. The summed E-state index contributed by atoms with van der Waals surface area (Å²) in [5.74, 6) is -0.485. The maximum Gasteiger partial charge on any atom is 0.164 e. The Kier molecular flexibility index (Phi) is 3.31. The van der Waals surface area contributed by atoms with E-state index in [1.807, 2.05) is 32.1 Å². The quantitative estimate of drug-likeness (QED) is 0.701. The Hall–Kier alpha value is -1.19. The minimum atomic E-state index is -0.550. The molecule has 0 N–H and O–H groups in total. The third kappa shape index (κ3) is 2.73. The van der Waals surface area contributed by atoms with Crippen LogP contribution in [0, 0.1) is 0 Å². The van der Waals surface area contributed by atoms with Gasteiger partial charge in [-0.25, -0.2) is 0 Å². The third-order valence-electron chi connectivity index (χ3n) is 2.99. The number of fused-ring (bicyclic) bond motifs is 1. The number of carbonyl (C=O) groups is 1. The van der Waals surface area contributed by atoms with Gasteiger partial charge in [-0.3, -0.25) is 4.79 Å². The minimum Gasteiger partial charge on any atom is -0.340 e. The van der Waals surface area contributed by atoms with Crippen molar-refractivity contribution in [1.82, 2.24) is 0 Å². The van der Waals surface area contributed by atoms with E-state index in [0.717, 1.165) is 5.57 Å². The minimum absolute atomic E-state index is 0.0242. The molecule has 0 spiro atoms. The van der Waals surface area contributed by atoms with Gasteiger partial charge in [-0.15, -0.1) is 0 Å². The monoisotopic (exact) mass is 234 g/mol. The summed E-state index contributed by atoms with van der Waals surface area (Å²) in [5.41, 5.74) is 1.12. The van der Waals surface area contributed by atoms with Gasteiger partial charge in [0, 0.05) is 6.42 Å². The Labute approximate surface area is 102 Å². The van der Waals surface area contributed by atoms with E-state index in [0.29, 0.717) is 12.8 Å². The molecular weight excluding hydrogens is 216 g/mol. The van der Waals surface area contributed by atoms with Crippen LogP contribution in [0.1, 0.15) is 26.7 Å². The summed E-state index contributed by atoms with van der Waals surface area (Å²) in [6.07, 6.45) is 8.47. The van der Waals surface area contributed by atoms with E-state index in [9.17, 15) is 4.79 Å². The van der Waals surface area contributed by atoms with E-state index in [2.05, 4.69) is 6.58 Å². The number of hydrogen-bond donors (Lipinski definition) is 0. The molecule has 2 atom stereocenters. The average molecular weight is 234 g/mol. The van der Waals surface area contributed by atoms with Crippen LogP contribution in [-0.2, 0) is 14.3 Å². The molecule has 2 rings (SSSR count). The zero-order valence-corrected chi connectivity index (χ0v) is 10.3. The largest absolute Gasteiger partial charge is 0.340 e. The van der Waals surface area contributed by atoms with Gasteiger partial charge in [-0.05, 0) is 31.9 Å². The van der Waals surface area contributed by atoms with Crippen molar-refractivity contribution >= 4 is 5.78 Å². The Morgan fingerprint density at radius 1 is 1.53 bits per heavy atom. The lowest BCUT2D eigenvalue weighted by atomic mass is 9.94. The summed E-state index contributed by atoms with van der Waals surface area (Å²) in [6.45, 7) is 7.29. The molecule has 0 saturated carbocycles. The van der Waals surface area contributed by atoms with Gasteiger partial charge >= 0.3 is 0 Å². The lowest BCUT2D eigenvalue weighted by Crippen LogP contribution is -2.25. The molecule has 0 unspecified atom stereocenters. The predicted molar refractivity (Wildman–Crippen MR) is 65.5 cm³/mol. The van der Waals surface area contributed by atoms with E-state index in [1.54, 1.807) is 0 Å². The van der Waals surface area contributed by atoms with Crippen molar-refractivity contribution < 1.29 is 14.3 Å². The molecule has 17 heavy (non-hydrogen) atoms. The lowest BCUT2D eigenvalue weighted by Gasteiger charge is -2.20. The van der Waals surface area contributed by atoms with Gasteiger partial charge in [0.2, 0.25) is 0 Å². The molecule has 0 aromatic heterocycles. The van der Waals surface area contributed by atoms with Gasteiger partial charge in [-0.2, -0.15) is 0 Å². The van der Waals surface area contributed by atoms with E-state index >= 15 is 0 Å². The predicted octanol–water partition coefficient (Wildman–Crippen LogP) is 2.54. The Bertz CT molecular complexity index is 390.